The highest BCUT2D eigenvalue weighted by Crippen LogP contribution is 2.34. The third-order valence-electron chi connectivity index (χ3n) is 2.42. The molecule has 0 aliphatic carbocycles. The van der Waals surface area contributed by atoms with Crippen LogP contribution in [0.15, 0.2) is 24.4 Å². The minimum atomic E-state index is 0.622. The van der Waals surface area contributed by atoms with Gasteiger partial charge in [0.2, 0.25) is 0 Å². The van der Waals surface area contributed by atoms with Gasteiger partial charge in [0.15, 0.2) is 11.5 Å². The first-order chi connectivity index (χ1) is 8.78. The van der Waals surface area contributed by atoms with E-state index in [2.05, 4.69) is 17.6 Å². The summed E-state index contributed by atoms with van der Waals surface area (Å²) in [5.41, 5.74) is 1.04. The van der Waals surface area contributed by atoms with E-state index in [9.17, 15) is 0 Å². The predicted molar refractivity (Wildman–Crippen MR) is 78.0 cm³/mol. The highest BCUT2D eigenvalue weighted by Gasteiger charge is 2.09. The first-order valence-electron chi connectivity index (χ1n) is 5.65. The largest absolute Gasteiger partial charge is 0.493 e. The van der Waals surface area contributed by atoms with Crippen LogP contribution in [-0.4, -0.2) is 18.7 Å². The molecule has 3 nitrogen and oxygen atoms in total. The number of thiazole rings is 1. The maximum Gasteiger partial charge on any atom is 0.161 e. The Morgan fingerprint density at radius 1 is 1.33 bits per heavy atom. The van der Waals surface area contributed by atoms with Gasteiger partial charge in [-0.1, -0.05) is 0 Å². The van der Waals surface area contributed by atoms with E-state index in [0.717, 1.165) is 26.9 Å². The lowest BCUT2D eigenvalue weighted by molar-refractivity contribution is 0.311. The number of thiol groups is 1. The molecule has 96 valence electrons. The van der Waals surface area contributed by atoms with Gasteiger partial charge in [-0.25, -0.2) is 4.98 Å². The Bertz CT molecular complexity index is 525. The number of benzene rings is 1. The van der Waals surface area contributed by atoms with Crippen LogP contribution in [0.2, 0.25) is 0 Å². The number of hydrogen-bond acceptors (Lipinski definition) is 5. The summed E-state index contributed by atoms with van der Waals surface area (Å²) < 4.78 is 10.8. The Balaban J connectivity index is 2.34. The minimum Gasteiger partial charge on any atom is -0.493 e. The van der Waals surface area contributed by atoms with Gasteiger partial charge in [0, 0.05) is 22.4 Å². The number of nitrogens with zero attached hydrogens (tertiary/aromatic N) is 1. The maximum atomic E-state index is 5.49. The summed E-state index contributed by atoms with van der Waals surface area (Å²) >= 11 is 5.88. The van der Waals surface area contributed by atoms with Crippen molar-refractivity contribution in [2.75, 3.05) is 13.7 Å². The summed E-state index contributed by atoms with van der Waals surface area (Å²) in [4.78, 5) is 5.54. The first-order valence-corrected chi connectivity index (χ1v) is 7.10. The maximum absolute atomic E-state index is 5.49. The molecule has 2 rings (SSSR count). The zero-order valence-electron chi connectivity index (χ0n) is 10.3. The molecule has 1 aromatic carbocycles. The van der Waals surface area contributed by atoms with Crippen LogP contribution in [0.1, 0.15) is 11.8 Å². The second-order valence-corrected chi connectivity index (χ2v) is 5.02. The van der Waals surface area contributed by atoms with Crippen molar-refractivity contribution in [2.24, 2.45) is 0 Å². The smallest absolute Gasteiger partial charge is 0.161 e. The van der Waals surface area contributed by atoms with Crippen molar-refractivity contribution in [2.45, 2.75) is 12.7 Å². The standard InChI is InChI=1S/C13H15NO2S2/c1-3-16-11-5-4-9(6-12(11)15-2)13-14-7-10(8-17)18-13/h4-7,17H,3,8H2,1-2H3. The Kier molecular flexibility index (Phi) is 4.49. The van der Waals surface area contributed by atoms with Crippen molar-refractivity contribution in [3.8, 4) is 22.1 Å². The highest BCUT2D eigenvalue weighted by molar-refractivity contribution is 7.79. The zero-order chi connectivity index (χ0) is 13.0. The van der Waals surface area contributed by atoms with Crippen LogP contribution in [-0.2, 0) is 5.75 Å². The molecule has 1 heterocycles. The molecule has 0 spiro atoms. The van der Waals surface area contributed by atoms with Crippen molar-refractivity contribution in [1.29, 1.82) is 0 Å². The van der Waals surface area contributed by atoms with Crippen LogP contribution in [0.3, 0.4) is 0 Å². The van der Waals surface area contributed by atoms with Crippen LogP contribution in [0.4, 0.5) is 0 Å². The summed E-state index contributed by atoms with van der Waals surface area (Å²) in [5.74, 6) is 2.21. The Hall–Kier alpha value is -1.20. The molecule has 2 aromatic rings. The molecule has 1 aromatic heterocycles. The molecular formula is C13H15NO2S2. The number of ether oxygens (including phenoxy) is 2. The van der Waals surface area contributed by atoms with E-state index < -0.39 is 0 Å². The number of methoxy groups -OCH3 is 1. The van der Waals surface area contributed by atoms with Crippen LogP contribution < -0.4 is 9.47 Å². The van der Waals surface area contributed by atoms with Gasteiger partial charge in [-0.2, -0.15) is 12.6 Å². The molecule has 5 heteroatoms. The first kappa shape index (κ1) is 13.2. The van der Waals surface area contributed by atoms with E-state index in [-0.39, 0.29) is 0 Å². The third-order valence-corrected chi connectivity index (χ3v) is 4.02. The Labute approximate surface area is 116 Å². The van der Waals surface area contributed by atoms with Gasteiger partial charge < -0.3 is 9.47 Å². The van der Waals surface area contributed by atoms with Gasteiger partial charge in [-0.05, 0) is 25.1 Å². The van der Waals surface area contributed by atoms with E-state index in [1.807, 2.05) is 31.3 Å². The van der Waals surface area contributed by atoms with Crippen LogP contribution in [0, 0.1) is 0 Å². The lowest BCUT2D eigenvalue weighted by atomic mass is 10.2. The molecule has 0 bridgehead atoms. The fourth-order valence-electron chi connectivity index (χ4n) is 1.59. The van der Waals surface area contributed by atoms with Gasteiger partial charge >= 0.3 is 0 Å². The van der Waals surface area contributed by atoms with E-state index in [0.29, 0.717) is 12.4 Å². The number of rotatable bonds is 5. The lowest BCUT2D eigenvalue weighted by Crippen LogP contribution is -1.95. The van der Waals surface area contributed by atoms with Gasteiger partial charge in [0.25, 0.3) is 0 Å². The molecule has 0 saturated carbocycles. The number of aromatic nitrogens is 1. The fourth-order valence-corrected chi connectivity index (χ4v) is 2.63. The van der Waals surface area contributed by atoms with Gasteiger partial charge in [0.1, 0.15) is 5.01 Å². The average molecular weight is 281 g/mol. The van der Waals surface area contributed by atoms with Crippen molar-refractivity contribution in [3.05, 3.63) is 29.3 Å². The summed E-state index contributed by atoms with van der Waals surface area (Å²) in [6.07, 6.45) is 1.86. The van der Waals surface area contributed by atoms with Crippen LogP contribution >= 0.6 is 24.0 Å². The molecule has 0 N–H and O–H groups in total. The Morgan fingerprint density at radius 2 is 2.17 bits per heavy atom. The van der Waals surface area contributed by atoms with E-state index in [1.165, 1.54) is 0 Å². The van der Waals surface area contributed by atoms with E-state index in [4.69, 9.17) is 9.47 Å². The summed E-state index contributed by atoms with van der Waals surface area (Å²) in [6.45, 7) is 2.57. The van der Waals surface area contributed by atoms with Crippen molar-refractivity contribution >= 4 is 24.0 Å². The average Bonchev–Trinajstić information content (AvgIpc) is 2.88. The molecule has 0 fully saturated rings. The van der Waals surface area contributed by atoms with Crippen LogP contribution in [0.5, 0.6) is 11.5 Å². The molecule has 0 aliphatic heterocycles. The number of hydrogen-bond donors (Lipinski definition) is 1. The summed E-state index contributed by atoms with van der Waals surface area (Å²) in [7, 11) is 1.64. The molecule has 0 unspecified atom stereocenters. The molecule has 18 heavy (non-hydrogen) atoms. The second-order valence-electron chi connectivity index (χ2n) is 3.59. The molecule has 0 atom stereocenters. The van der Waals surface area contributed by atoms with Crippen molar-refractivity contribution in [3.63, 3.8) is 0 Å². The monoisotopic (exact) mass is 281 g/mol. The zero-order valence-corrected chi connectivity index (χ0v) is 12.1. The minimum absolute atomic E-state index is 0.622. The quantitative estimate of drug-likeness (QED) is 0.849. The van der Waals surface area contributed by atoms with Gasteiger partial charge in [-0.15, -0.1) is 11.3 Å². The predicted octanol–water partition coefficient (Wildman–Crippen LogP) is 3.65. The lowest BCUT2D eigenvalue weighted by Gasteiger charge is -2.09. The van der Waals surface area contributed by atoms with E-state index >= 15 is 0 Å². The normalized spacial score (nSPS) is 10.4. The second kappa shape index (κ2) is 6.11. The molecule has 0 amide bonds. The molecule has 0 aliphatic rings. The molecule has 0 saturated heterocycles. The fraction of sp³-hybridized carbons (Fsp3) is 0.308. The Morgan fingerprint density at radius 3 is 2.78 bits per heavy atom. The highest BCUT2D eigenvalue weighted by atomic mass is 32.1. The van der Waals surface area contributed by atoms with Crippen molar-refractivity contribution < 1.29 is 9.47 Å². The van der Waals surface area contributed by atoms with Crippen LogP contribution in [0.25, 0.3) is 10.6 Å². The van der Waals surface area contributed by atoms with Crippen molar-refractivity contribution in [1.82, 2.24) is 4.98 Å². The summed E-state index contributed by atoms with van der Waals surface area (Å²) in [6, 6.07) is 5.86. The SMILES string of the molecule is CCOc1ccc(-c2ncc(CS)s2)cc1OC. The molecular weight excluding hydrogens is 266 g/mol. The molecule has 0 radical (unpaired) electrons. The summed E-state index contributed by atoms with van der Waals surface area (Å²) in [5, 5.41) is 0.973. The van der Waals surface area contributed by atoms with Gasteiger partial charge in [0.05, 0.1) is 13.7 Å². The van der Waals surface area contributed by atoms with E-state index in [1.54, 1.807) is 18.4 Å². The van der Waals surface area contributed by atoms with Gasteiger partial charge in [-0.3, -0.25) is 0 Å². The topological polar surface area (TPSA) is 31.4 Å². The third kappa shape index (κ3) is 2.79.